The number of nitrogens with zero attached hydrogens (tertiary/aromatic N) is 2. The van der Waals surface area contributed by atoms with Crippen molar-refractivity contribution in [3.63, 3.8) is 0 Å². The van der Waals surface area contributed by atoms with E-state index in [4.69, 9.17) is 9.15 Å². The predicted molar refractivity (Wildman–Crippen MR) is 77.4 cm³/mol. The normalized spacial score (nSPS) is 18.7. The number of hydrogen-bond acceptors (Lipinski definition) is 6. The van der Waals surface area contributed by atoms with Crippen LogP contribution in [0.1, 0.15) is 27.5 Å². The van der Waals surface area contributed by atoms with E-state index in [0.29, 0.717) is 29.5 Å². The van der Waals surface area contributed by atoms with Crippen molar-refractivity contribution in [1.29, 1.82) is 0 Å². The summed E-state index contributed by atoms with van der Waals surface area (Å²) in [6, 6.07) is 5.02. The molecule has 0 amide bonds. The van der Waals surface area contributed by atoms with Crippen molar-refractivity contribution in [2.75, 3.05) is 12.0 Å². The molecule has 1 aromatic carbocycles. The summed E-state index contributed by atoms with van der Waals surface area (Å²) in [4.78, 5) is 30.8. The minimum atomic E-state index is -0.529. The summed E-state index contributed by atoms with van der Waals surface area (Å²) in [5.41, 5.74) is 2.87. The van der Waals surface area contributed by atoms with Crippen molar-refractivity contribution in [2.24, 2.45) is 0 Å². The van der Waals surface area contributed by atoms with Crippen LogP contribution >= 0.6 is 0 Å². The topological polar surface area (TPSA) is 72.6 Å². The average Bonchev–Trinajstić information content (AvgIpc) is 3.02. The molecular formula is C16H14N2O4. The summed E-state index contributed by atoms with van der Waals surface area (Å²) in [6.07, 6.45) is 0.663. The standard InChI is InChI=1S/C16H14N2O4/c1-8-17-11-7-13(19)10-5-3-4-9-6-12(16(20)21-2)18(14(9)10)15(11)22-8/h3-5,12H,6-7H2,1-2H3/t12-/m0/s1. The molecule has 6 nitrogen and oxygen atoms in total. The van der Waals surface area contributed by atoms with E-state index < -0.39 is 6.04 Å². The molecule has 22 heavy (non-hydrogen) atoms. The van der Waals surface area contributed by atoms with Crippen molar-refractivity contribution in [3.05, 3.63) is 40.9 Å². The second-order valence-corrected chi connectivity index (χ2v) is 5.51. The Hall–Kier alpha value is -2.63. The fraction of sp³-hybridized carbons (Fsp3) is 0.312. The van der Waals surface area contributed by atoms with Crippen LogP contribution in [0.5, 0.6) is 0 Å². The minimum Gasteiger partial charge on any atom is -0.467 e. The van der Waals surface area contributed by atoms with E-state index in [1.165, 1.54) is 7.11 Å². The maximum absolute atomic E-state index is 12.5. The van der Waals surface area contributed by atoms with Crippen LogP contribution in [0.2, 0.25) is 0 Å². The molecule has 0 fully saturated rings. The van der Waals surface area contributed by atoms with Crippen LogP contribution in [0.15, 0.2) is 22.6 Å². The van der Waals surface area contributed by atoms with Gasteiger partial charge in [0.25, 0.3) is 0 Å². The van der Waals surface area contributed by atoms with Crippen LogP contribution in [0.25, 0.3) is 0 Å². The van der Waals surface area contributed by atoms with Crippen molar-refractivity contribution in [2.45, 2.75) is 25.8 Å². The molecular weight excluding hydrogens is 284 g/mol. The maximum Gasteiger partial charge on any atom is 0.329 e. The molecule has 0 spiro atoms. The number of aromatic nitrogens is 1. The molecule has 0 radical (unpaired) electrons. The van der Waals surface area contributed by atoms with Gasteiger partial charge < -0.3 is 9.15 Å². The molecule has 3 heterocycles. The van der Waals surface area contributed by atoms with Crippen LogP contribution in [-0.2, 0) is 22.4 Å². The largest absolute Gasteiger partial charge is 0.467 e. The maximum atomic E-state index is 12.5. The zero-order valence-corrected chi connectivity index (χ0v) is 12.3. The van der Waals surface area contributed by atoms with Crippen LogP contribution < -0.4 is 4.90 Å². The molecule has 0 unspecified atom stereocenters. The Balaban J connectivity index is 1.99. The quantitative estimate of drug-likeness (QED) is 0.749. The Bertz CT molecular complexity index is 808. The van der Waals surface area contributed by atoms with Crippen molar-refractivity contribution in [1.82, 2.24) is 4.98 Å². The third-order valence-electron chi connectivity index (χ3n) is 4.19. The Kier molecular flexibility index (Phi) is 2.63. The highest BCUT2D eigenvalue weighted by molar-refractivity contribution is 6.07. The van der Waals surface area contributed by atoms with Crippen molar-refractivity contribution < 1.29 is 18.7 Å². The second kappa shape index (κ2) is 4.43. The smallest absolute Gasteiger partial charge is 0.329 e. The van der Waals surface area contributed by atoms with E-state index in [1.54, 1.807) is 17.9 Å². The predicted octanol–water partition coefficient (Wildman–Crippen LogP) is 1.96. The summed E-state index contributed by atoms with van der Waals surface area (Å²) in [5.74, 6) is 0.593. The van der Waals surface area contributed by atoms with Crippen LogP contribution in [0, 0.1) is 6.92 Å². The Labute approximate surface area is 126 Å². The first kappa shape index (κ1) is 13.1. The van der Waals surface area contributed by atoms with Gasteiger partial charge in [0.05, 0.1) is 19.2 Å². The number of ketones is 1. The summed E-state index contributed by atoms with van der Waals surface area (Å²) in [6.45, 7) is 1.73. The van der Waals surface area contributed by atoms with Gasteiger partial charge in [-0.15, -0.1) is 0 Å². The molecule has 1 atom stereocenters. The molecule has 6 heteroatoms. The monoisotopic (exact) mass is 298 g/mol. The molecule has 0 saturated carbocycles. The number of benzene rings is 1. The molecule has 2 aliphatic rings. The van der Waals surface area contributed by atoms with Gasteiger partial charge in [0, 0.05) is 18.9 Å². The zero-order chi connectivity index (χ0) is 15.4. The van der Waals surface area contributed by atoms with E-state index >= 15 is 0 Å². The minimum absolute atomic E-state index is 0.0144. The SMILES string of the molecule is COC(=O)[C@@H]1Cc2cccc3c2N1c1oc(C)nc1CC3=O. The molecule has 2 aromatic rings. The number of para-hydroxylation sites is 1. The first-order valence-corrected chi connectivity index (χ1v) is 7.08. The van der Waals surface area contributed by atoms with Gasteiger partial charge in [-0.2, -0.15) is 0 Å². The highest BCUT2D eigenvalue weighted by Gasteiger charge is 2.43. The number of oxazole rings is 1. The summed E-state index contributed by atoms with van der Waals surface area (Å²) in [5, 5.41) is 0. The van der Waals surface area contributed by atoms with Gasteiger partial charge in [0.2, 0.25) is 5.88 Å². The van der Waals surface area contributed by atoms with Crippen molar-refractivity contribution in [3.8, 4) is 0 Å². The van der Waals surface area contributed by atoms with E-state index in [0.717, 1.165) is 11.3 Å². The van der Waals surface area contributed by atoms with Gasteiger partial charge in [0.1, 0.15) is 11.7 Å². The molecule has 0 N–H and O–H groups in total. The third-order valence-corrected chi connectivity index (χ3v) is 4.19. The molecule has 4 rings (SSSR count). The number of aryl methyl sites for hydroxylation is 1. The van der Waals surface area contributed by atoms with E-state index in [9.17, 15) is 9.59 Å². The number of Topliss-reactive ketones (excluding diaryl/α,β-unsaturated/α-hetero) is 1. The Morgan fingerprint density at radius 1 is 1.45 bits per heavy atom. The number of rotatable bonds is 1. The summed E-state index contributed by atoms with van der Waals surface area (Å²) < 4.78 is 10.6. The zero-order valence-electron chi connectivity index (χ0n) is 12.3. The molecule has 0 bridgehead atoms. The van der Waals surface area contributed by atoms with Gasteiger partial charge in [-0.05, 0) is 11.6 Å². The molecule has 2 aliphatic heterocycles. The lowest BCUT2D eigenvalue weighted by Crippen LogP contribution is -2.36. The van der Waals surface area contributed by atoms with E-state index in [2.05, 4.69) is 4.98 Å². The first-order chi connectivity index (χ1) is 10.6. The second-order valence-electron chi connectivity index (χ2n) is 5.51. The van der Waals surface area contributed by atoms with Gasteiger partial charge in [-0.1, -0.05) is 12.1 Å². The molecule has 1 aromatic heterocycles. The highest BCUT2D eigenvalue weighted by Crippen LogP contribution is 2.45. The average molecular weight is 298 g/mol. The number of anilines is 2. The third kappa shape index (κ3) is 1.63. The number of ether oxygens (including phenoxy) is 1. The molecule has 0 saturated heterocycles. The van der Waals surface area contributed by atoms with Gasteiger partial charge >= 0.3 is 5.97 Å². The number of hydrogen-bond donors (Lipinski definition) is 0. The molecule has 0 aliphatic carbocycles. The van der Waals surface area contributed by atoms with Crippen LogP contribution in [0.4, 0.5) is 11.6 Å². The Morgan fingerprint density at radius 3 is 3.05 bits per heavy atom. The van der Waals surface area contributed by atoms with Crippen LogP contribution in [0.3, 0.4) is 0 Å². The summed E-state index contributed by atoms with van der Waals surface area (Å²) >= 11 is 0. The number of carbonyl (C=O) groups is 2. The van der Waals surface area contributed by atoms with Gasteiger partial charge in [-0.3, -0.25) is 9.69 Å². The van der Waals surface area contributed by atoms with E-state index in [1.807, 2.05) is 12.1 Å². The van der Waals surface area contributed by atoms with Gasteiger partial charge in [0.15, 0.2) is 11.7 Å². The Morgan fingerprint density at radius 2 is 2.27 bits per heavy atom. The lowest BCUT2D eigenvalue weighted by molar-refractivity contribution is -0.141. The van der Waals surface area contributed by atoms with Crippen LogP contribution in [-0.4, -0.2) is 29.9 Å². The number of esters is 1. The number of fused-ring (bicyclic) bond motifs is 2. The first-order valence-electron chi connectivity index (χ1n) is 7.08. The highest BCUT2D eigenvalue weighted by atomic mass is 16.5. The molecule has 112 valence electrons. The lowest BCUT2D eigenvalue weighted by atomic mass is 10.0. The summed E-state index contributed by atoms with van der Waals surface area (Å²) in [7, 11) is 1.36. The fourth-order valence-electron chi connectivity index (χ4n) is 3.30. The lowest BCUT2D eigenvalue weighted by Gasteiger charge is -2.23. The van der Waals surface area contributed by atoms with Gasteiger partial charge in [-0.25, -0.2) is 9.78 Å². The van der Waals surface area contributed by atoms with Crippen molar-refractivity contribution >= 4 is 23.3 Å². The van der Waals surface area contributed by atoms with E-state index in [-0.39, 0.29) is 18.2 Å². The number of methoxy groups -OCH3 is 1. The number of carbonyl (C=O) groups excluding carboxylic acids is 2. The fourth-order valence-corrected chi connectivity index (χ4v) is 3.30.